The first-order valence-corrected chi connectivity index (χ1v) is 9.70. The van der Waals surface area contributed by atoms with Gasteiger partial charge in [0.25, 0.3) is 0 Å². The third-order valence-corrected chi connectivity index (χ3v) is 5.42. The van der Waals surface area contributed by atoms with Crippen LogP contribution < -0.4 is 5.32 Å². The summed E-state index contributed by atoms with van der Waals surface area (Å²) in [5, 5.41) is 3.74. The Labute approximate surface area is 168 Å². The minimum Gasteiger partial charge on any atom is -0.361 e. The molecule has 2 aromatic carbocycles. The molecule has 0 aliphatic rings. The zero-order valence-electron chi connectivity index (χ0n) is 16.7. The molecule has 0 saturated carbocycles. The highest BCUT2D eigenvalue weighted by Crippen LogP contribution is 2.40. The van der Waals surface area contributed by atoms with E-state index in [1.54, 1.807) is 12.3 Å². The maximum atomic E-state index is 13.7. The summed E-state index contributed by atoms with van der Waals surface area (Å²) in [4.78, 5) is 15.8. The Balaban J connectivity index is 2.07. The molecule has 29 heavy (non-hydrogen) atoms. The van der Waals surface area contributed by atoms with Crippen LogP contribution in [0.15, 0.2) is 54.7 Å². The Hall–Kier alpha value is -2.76. The Bertz CT molecular complexity index is 991. The van der Waals surface area contributed by atoms with Crippen LogP contribution in [0.1, 0.15) is 49.8 Å². The van der Waals surface area contributed by atoms with Gasteiger partial charge < -0.3 is 10.3 Å². The molecule has 3 rings (SSSR count). The van der Waals surface area contributed by atoms with E-state index in [-0.39, 0.29) is 29.9 Å². The zero-order valence-corrected chi connectivity index (χ0v) is 16.7. The molecule has 0 aliphatic heterocycles. The van der Waals surface area contributed by atoms with Gasteiger partial charge in [0.1, 0.15) is 0 Å². The molecule has 0 spiro atoms. The molecule has 3 aromatic rings. The summed E-state index contributed by atoms with van der Waals surface area (Å²) in [6, 6.07) is 12.9. The summed E-state index contributed by atoms with van der Waals surface area (Å²) in [5.41, 5.74) is 0.912. The van der Waals surface area contributed by atoms with E-state index in [9.17, 15) is 18.0 Å². The smallest absolute Gasteiger partial charge is 0.361 e. The third-order valence-electron chi connectivity index (χ3n) is 5.42. The fourth-order valence-electron chi connectivity index (χ4n) is 3.49. The van der Waals surface area contributed by atoms with Gasteiger partial charge in [0.2, 0.25) is 5.91 Å². The number of hydrogen-bond acceptors (Lipinski definition) is 1. The van der Waals surface area contributed by atoms with Crippen molar-refractivity contribution in [1.29, 1.82) is 0 Å². The Kier molecular flexibility index (Phi) is 6.01. The van der Waals surface area contributed by atoms with Crippen molar-refractivity contribution in [1.82, 2.24) is 10.3 Å². The minimum atomic E-state index is -4.50. The van der Waals surface area contributed by atoms with E-state index < -0.39 is 17.7 Å². The largest absolute Gasteiger partial charge is 0.416 e. The molecule has 1 heterocycles. The number of hydrogen-bond donors (Lipinski definition) is 2. The summed E-state index contributed by atoms with van der Waals surface area (Å²) in [6.45, 7) is 5.87. The van der Waals surface area contributed by atoms with E-state index in [0.717, 1.165) is 17.0 Å². The molecular weight excluding hydrogens is 377 g/mol. The van der Waals surface area contributed by atoms with E-state index >= 15 is 0 Å². The Morgan fingerprint density at radius 3 is 2.34 bits per heavy atom. The van der Waals surface area contributed by atoms with Gasteiger partial charge in [0.05, 0.1) is 5.56 Å². The summed E-state index contributed by atoms with van der Waals surface area (Å²) in [5.74, 6) is -0.755. The number of benzene rings is 2. The van der Waals surface area contributed by atoms with Gasteiger partial charge in [-0.25, -0.2) is 0 Å². The zero-order chi connectivity index (χ0) is 21.2. The molecule has 0 saturated heterocycles. The van der Waals surface area contributed by atoms with Crippen LogP contribution in [0, 0.1) is 5.92 Å². The number of amides is 1. The molecule has 0 bridgehead atoms. The summed E-state index contributed by atoms with van der Waals surface area (Å²) >= 11 is 0. The van der Waals surface area contributed by atoms with Crippen molar-refractivity contribution >= 4 is 16.8 Å². The lowest BCUT2D eigenvalue weighted by Crippen LogP contribution is -2.37. The highest BCUT2D eigenvalue weighted by molar-refractivity contribution is 5.86. The number of aromatic nitrogens is 1. The van der Waals surface area contributed by atoms with E-state index in [1.165, 1.54) is 12.1 Å². The molecule has 1 amide bonds. The van der Waals surface area contributed by atoms with Gasteiger partial charge in [0, 0.05) is 35.5 Å². The van der Waals surface area contributed by atoms with Crippen molar-refractivity contribution in [2.24, 2.45) is 5.92 Å². The maximum absolute atomic E-state index is 13.7. The van der Waals surface area contributed by atoms with Crippen molar-refractivity contribution in [2.45, 2.75) is 45.3 Å². The molecule has 154 valence electrons. The van der Waals surface area contributed by atoms with Crippen molar-refractivity contribution in [2.75, 3.05) is 0 Å². The van der Waals surface area contributed by atoms with Crippen molar-refractivity contribution in [3.8, 4) is 0 Å². The fourth-order valence-corrected chi connectivity index (χ4v) is 3.49. The van der Waals surface area contributed by atoms with Crippen LogP contribution in [0.25, 0.3) is 10.9 Å². The van der Waals surface area contributed by atoms with Gasteiger partial charge in [-0.2, -0.15) is 13.2 Å². The molecule has 2 atom stereocenters. The first-order chi connectivity index (χ1) is 13.7. The molecule has 1 aromatic heterocycles. The van der Waals surface area contributed by atoms with Crippen LogP contribution in [-0.4, -0.2) is 16.9 Å². The molecule has 2 N–H and O–H groups in total. The summed E-state index contributed by atoms with van der Waals surface area (Å²) < 4.78 is 41.1. The Morgan fingerprint density at radius 2 is 1.66 bits per heavy atom. The second kappa shape index (κ2) is 8.31. The van der Waals surface area contributed by atoms with Crippen molar-refractivity contribution < 1.29 is 18.0 Å². The lowest BCUT2D eigenvalue weighted by molar-refractivity contribution is -0.138. The minimum absolute atomic E-state index is 0.0635. The molecule has 0 radical (unpaired) electrons. The van der Waals surface area contributed by atoms with E-state index in [1.807, 2.05) is 45.0 Å². The number of aromatic amines is 1. The highest BCUT2D eigenvalue weighted by atomic mass is 19.4. The number of nitrogens with one attached hydrogen (secondary N) is 2. The molecule has 0 aliphatic carbocycles. The molecule has 3 nitrogen and oxygen atoms in total. The van der Waals surface area contributed by atoms with Crippen molar-refractivity contribution in [3.05, 3.63) is 71.4 Å². The van der Waals surface area contributed by atoms with Crippen LogP contribution in [0.3, 0.4) is 0 Å². The number of rotatable bonds is 6. The standard InChI is InChI=1S/C23H25F3N2O/c1-14(2)15(3)28-22(29)12-18(16-8-4-6-10-20(16)23(24,25)26)19-13-27-21-11-7-5-9-17(19)21/h4-11,13-15,18,27H,12H2,1-3H3,(H,28,29)/t15-,18+/m0/s1. The number of alkyl halides is 3. The van der Waals surface area contributed by atoms with Crippen LogP contribution in [0.4, 0.5) is 13.2 Å². The quantitative estimate of drug-likeness (QED) is 0.532. The lowest BCUT2D eigenvalue weighted by Gasteiger charge is -2.23. The number of H-pyrrole nitrogens is 1. The predicted octanol–water partition coefficient (Wildman–Crippen LogP) is 5.87. The third kappa shape index (κ3) is 4.63. The molecule has 6 heteroatoms. The first-order valence-electron chi connectivity index (χ1n) is 9.70. The summed E-state index contributed by atoms with van der Waals surface area (Å²) in [6.07, 6.45) is -2.85. The molecule has 0 fully saturated rings. The first kappa shape index (κ1) is 21.0. The van der Waals surface area contributed by atoms with E-state index in [2.05, 4.69) is 10.3 Å². The topological polar surface area (TPSA) is 44.9 Å². The SMILES string of the molecule is CC(C)[C@H](C)NC(=O)C[C@H](c1ccccc1C(F)(F)F)c1c[nH]c2ccccc12. The number of carbonyl (C=O) groups is 1. The maximum Gasteiger partial charge on any atom is 0.416 e. The van der Waals surface area contributed by atoms with Gasteiger partial charge >= 0.3 is 6.18 Å². The van der Waals surface area contributed by atoms with E-state index in [4.69, 9.17) is 0 Å². The normalized spacial score (nSPS) is 14.2. The number of carbonyl (C=O) groups excluding carboxylic acids is 1. The average Bonchev–Trinajstić information content (AvgIpc) is 3.09. The number of para-hydroxylation sites is 1. The Morgan fingerprint density at radius 1 is 1.00 bits per heavy atom. The molecule has 0 unspecified atom stereocenters. The van der Waals surface area contributed by atoms with Crippen LogP contribution in [0.2, 0.25) is 0 Å². The summed E-state index contributed by atoms with van der Waals surface area (Å²) in [7, 11) is 0. The van der Waals surface area contributed by atoms with Gasteiger partial charge in [-0.3, -0.25) is 4.79 Å². The van der Waals surface area contributed by atoms with E-state index in [0.29, 0.717) is 5.56 Å². The highest BCUT2D eigenvalue weighted by Gasteiger charge is 2.36. The number of fused-ring (bicyclic) bond motifs is 1. The van der Waals surface area contributed by atoms with Crippen molar-refractivity contribution in [3.63, 3.8) is 0 Å². The second-order valence-corrected chi connectivity index (χ2v) is 7.73. The number of halogens is 3. The van der Waals surface area contributed by atoms with Crippen LogP contribution >= 0.6 is 0 Å². The van der Waals surface area contributed by atoms with Gasteiger partial charge in [-0.1, -0.05) is 50.2 Å². The van der Waals surface area contributed by atoms with Crippen LogP contribution in [0.5, 0.6) is 0 Å². The van der Waals surface area contributed by atoms with Gasteiger partial charge in [-0.15, -0.1) is 0 Å². The monoisotopic (exact) mass is 402 g/mol. The van der Waals surface area contributed by atoms with Gasteiger partial charge in [-0.05, 0) is 36.1 Å². The van der Waals surface area contributed by atoms with Crippen LogP contribution in [-0.2, 0) is 11.0 Å². The predicted molar refractivity (Wildman–Crippen MR) is 109 cm³/mol. The van der Waals surface area contributed by atoms with Gasteiger partial charge in [0.15, 0.2) is 0 Å². The second-order valence-electron chi connectivity index (χ2n) is 7.73. The fraction of sp³-hybridized carbons (Fsp3) is 0.348. The lowest BCUT2D eigenvalue weighted by atomic mass is 9.85. The average molecular weight is 402 g/mol. The molecular formula is C23H25F3N2O.